The molecule has 0 fully saturated rings. The van der Waals surface area contributed by atoms with Gasteiger partial charge in [0, 0.05) is 23.8 Å². The number of imidazole rings is 1. The maximum Gasteiger partial charge on any atom is 0.243 e. The van der Waals surface area contributed by atoms with E-state index in [-0.39, 0.29) is 0 Å². The van der Waals surface area contributed by atoms with Crippen molar-refractivity contribution < 1.29 is 4.74 Å². The molecular weight excluding hydrogens is 272 g/mol. The summed E-state index contributed by atoms with van der Waals surface area (Å²) >= 11 is 1.56. The molecule has 0 aliphatic rings. The summed E-state index contributed by atoms with van der Waals surface area (Å²) in [6.45, 7) is 4.42. The number of rotatable bonds is 4. The van der Waals surface area contributed by atoms with Crippen LogP contribution < -0.4 is 10.5 Å². The largest absolute Gasteiger partial charge is 0.435 e. The molecule has 3 heterocycles. The minimum atomic E-state index is 0.383. The number of hydrogen-bond acceptors (Lipinski definition) is 5. The monoisotopic (exact) mass is 288 g/mol. The molecule has 0 aromatic carbocycles. The van der Waals surface area contributed by atoms with E-state index in [9.17, 15) is 0 Å². The molecule has 0 atom stereocenters. The van der Waals surface area contributed by atoms with Crippen LogP contribution in [0, 0.1) is 6.92 Å². The third kappa shape index (κ3) is 2.17. The molecule has 0 spiro atoms. The number of aryl methyl sites for hydroxylation is 2. The number of fused-ring (bicyclic) bond motifs is 1. The highest BCUT2D eigenvalue weighted by Gasteiger charge is 2.15. The van der Waals surface area contributed by atoms with Crippen LogP contribution in [0.2, 0.25) is 0 Å². The van der Waals surface area contributed by atoms with E-state index in [0.29, 0.717) is 12.4 Å². The number of pyridine rings is 1. The van der Waals surface area contributed by atoms with Crippen molar-refractivity contribution in [2.24, 2.45) is 5.73 Å². The van der Waals surface area contributed by atoms with E-state index in [1.165, 1.54) is 0 Å². The Kier molecular flexibility index (Phi) is 3.42. The van der Waals surface area contributed by atoms with E-state index < -0.39 is 0 Å². The topological polar surface area (TPSA) is 65.4 Å². The fourth-order valence-corrected chi connectivity index (χ4v) is 2.85. The number of aromatic nitrogens is 3. The average Bonchev–Trinajstić information content (AvgIpc) is 3.00. The molecule has 0 amide bonds. The summed E-state index contributed by atoms with van der Waals surface area (Å²) in [6.07, 6.45) is 2.77. The molecule has 0 radical (unpaired) electrons. The zero-order chi connectivity index (χ0) is 14.1. The maximum atomic E-state index is 5.95. The summed E-state index contributed by atoms with van der Waals surface area (Å²) in [7, 11) is 0. The Morgan fingerprint density at radius 1 is 1.35 bits per heavy atom. The molecule has 0 bridgehead atoms. The Morgan fingerprint density at radius 2 is 2.20 bits per heavy atom. The van der Waals surface area contributed by atoms with Gasteiger partial charge in [-0.3, -0.25) is 9.38 Å². The Morgan fingerprint density at radius 3 is 2.95 bits per heavy atom. The lowest BCUT2D eigenvalue weighted by Crippen LogP contribution is -2.03. The van der Waals surface area contributed by atoms with Crippen molar-refractivity contribution in [1.82, 2.24) is 14.4 Å². The highest BCUT2D eigenvalue weighted by Crippen LogP contribution is 2.29. The zero-order valence-corrected chi connectivity index (χ0v) is 12.3. The van der Waals surface area contributed by atoms with Crippen LogP contribution in [0.4, 0.5) is 0 Å². The Labute approximate surface area is 121 Å². The molecule has 0 saturated heterocycles. The zero-order valence-electron chi connectivity index (χ0n) is 11.5. The van der Waals surface area contributed by atoms with E-state index in [1.807, 2.05) is 35.0 Å². The normalized spacial score (nSPS) is 11.2. The summed E-state index contributed by atoms with van der Waals surface area (Å²) < 4.78 is 7.92. The summed E-state index contributed by atoms with van der Waals surface area (Å²) in [4.78, 5) is 9.87. The first-order chi connectivity index (χ1) is 9.72. The van der Waals surface area contributed by atoms with Crippen molar-refractivity contribution >= 4 is 16.3 Å². The number of ether oxygens (including phenoxy) is 1. The van der Waals surface area contributed by atoms with Crippen molar-refractivity contribution in [2.75, 3.05) is 0 Å². The van der Waals surface area contributed by atoms with E-state index in [4.69, 9.17) is 10.5 Å². The van der Waals surface area contributed by atoms with Crippen LogP contribution in [0.5, 0.6) is 11.6 Å². The standard InChI is InChI=1S/C14H16N4OS/c1-3-10-12(5-4-9(2)16-10)19-13-11(8-15)18-6-7-20-14(18)17-13/h4-7H,3,8,15H2,1-2H3. The van der Waals surface area contributed by atoms with E-state index in [2.05, 4.69) is 16.9 Å². The van der Waals surface area contributed by atoms with Gasteiger partial charge in [-0.25, -0.2) is 0 Å². The van der Waals surface area contributed by atoms with Gasteiger partial charge in [-0.05, 0) is 25.5 Å². The van der Waals surface area contributed by atoms with Crippen LogP contribution in [-0.2, 0) is 13.0 Å². The second-order valence-electron chi connectivity index (χ2n) is 4.48. The molecule has 0 saturated carbocycles. The first-order valence-corrected chi connectivity index (χ1v) is 7.39. The number of nitrogens with zero attached hydrogens (tertiary/aromatic N) is 3. The van der Waals surface area contributed by atoms with Crippen molar-refractivity contribution in [1.29, 1.82) is 0 Å². The molecule has 0 aliphatic heterocycles. The van der Waals surface area contributed by atoms with Crippen LogP contribution >= 0.6 is 11.3 Å². The van der Waals surface area contributed by atoms with Gasteiger partial charge < -0.3 is 10.5 Å². The predicted molar refractivity (Wildman–Crippen MR) is 79.4 cm³/mol. The van der Waals surface area contributed by atoms with E-state index in [0.717, 1.165) is 34.2 Å². The van der Waals surface area contributed by atoms with Crippen molar-refractivity contribution in [2.45, 2.75) is 26.8 Å². The van der Waals surface area contributed by atoms with Crippen LogP contribution in [0.1, 0.15) is 24.0 Å². The van der Waals surface area contributed by atoms with Crippen molar-refractivity contribution in [3.05, 3.63) is 40.8 Å². The van der Waals surface area contributed by atoms with E-state index in [1.54, 1.807) is 11.3 Å². The molecule has 104 valence electrons. The maximum absolute atomic E-state index is 5.95. The van der Waals surface area contributed by atoms with Gasteiger partial charge in [-0.1, -0.05) is 6.92 Å². The van der Waals surface area contributed by atoms with Crippen LogP contribution in [-0.4, -0.2) is 14.4 Å². The second kappa shape index (κ2) is 5.22. The molecule has 0 unspecified atom stereocenters. The highest BCUT2D eigenvalue weighted by atomic mass is 32.1. The minimum Gasteiger partial charge on any atom is -0.435 e. The third-order valence-electron chi connectivity index (χ3n) is 3.13. The first-order valence-electron chi connectivity index (χ1n) is 6.51. The molecule has 3 aromatic rings. The summed E-state index contributed by atoms with van der Waals surface area (Å²) in [5.74, 6) is 1.32. The van der Waals surface area contributed by atoms with Crippen molar-refractivity contribution in [3.8, 4) is 11.6 Å². The molecule has 0 aliphatic carbocycles. The first kappa shape index (κ1) is 13.1. The molecule has 6 heteroatoms. The summed E-state index contributed by atoms with van der Waals surface area (Å²) in [5.41, 5.74) is 8.62. The van der Waals surface area contributed by atoms with Gasteiger partial charge in [-0.2, -0.15) is 4.98 Å². The fraction of sp³-hybridized carbons (Fsp3) is 0.286. The molecule has 20 heavy (non-hydrogen) atoms. The Hall–Kier alpha value is -1.92. The van der Waals surface area contributed by atoms with Gasteiger partial charge in [-0.15, -0.1) is 11.3 Å². The highest BCUT2D eigenvalue weighted by molar-refractivity contribution is 7.15. The number of nitrogens with two attached hydrogens (primary N) is 1. The smallest absolute Gasteiger partial charge is 0.243 e. The lowest BCUT2D eigenvalue weighted by Gasteiger charge is -2.09. The molecular formula is C14H16N4OS. The lowest BCUT2D eigenvalue weighted by molar-refractivity contribution is 0.450. The van der Waals surface area contributed by atoms with Gasteiger partial charge in [0.2, 0.25) is 5.88 Å². The van der Waals surface area contributed by atoms with Gasteiger partial charge >= 0.3 is 0 Å². The lowest BCUT2D eigenvalue weighted by atomic mass is 10.2. The predicted octanol–water partition coefficient (Wildman–Crippen LogP) is 2.91. The third-order valence-corrected chi connectivity index (χ3v) is 3.89. The molecule has 3 rings (SSSR count). The second-order valence-corrected chi connectivity index (χ2v) is 5.35. The van der Waals surface area contributed by atoms with Crippen LogP contribution in [0.3, 0.4) is 0 Å². The van der Waals surface area contributed by atoms with Gasteiger partial charge in [0.15, 0.2) is 10.7 Å². The molecule has 3 aromatic heterocycles. The average molecular weight is 288 g/mol. The summed E-state index contributed by atoms with van der Waals surface area (Å²) in [6, 6.07) is 3.88. The SMILES string of the molecule is CCc1nc(C)ccc1Oc1nc2sccn2c1CN. The summed E-state index contributed by atoms with van der Waals surface area (Å²) in [5, 5.41) is 1.98. The van der Waals surface area contributed by atoms with Gasteiger partial charge in [0.1, 0.15) is 5.69 Å². The van der Waals surface area contributed by atoms with Gasteiger partial charge in [0.25, 0.3) is 0 Å². The van der Waals surface area contributed by atoms with Gasteiger partial charge in [0.05, 0.1) is 5.69 Å². The van der Waals surface area contributed by atoms with Crippen LogP contribution in [0.15, 0.2) is 23.7 Å². The van der Waals surface area contributed by atoms with Crippen molar-refractivity contribution in [3.63, 3.8) is 0 Å². The quantitative estimate of drug-likeness (QED) is 0.801. The fourth-order valence-electron chi connectivity index (χ4n) is 2.13. The van der Waals surface area contributed by atoms with Crippen LogP contribution in [0.25, 0.3) is 4.96 Å². The molecule has 5 nitrogen and oxygen atoms in total. The molecule has 2 N–H and O–H groups in total. The Balaban J connectivity index is 2.02. The Bertz CT molecular complexity index is 747. The number of thiazole rings is 1. The number of hydrogen-bond donors (Lipinski definition) is 1. The minimum absolute atomic E-state index is 0.383. The van der Waals surface area contributed by atoms with E-state index >= 15 is 0 Å².